The van der Waals surface area contributed by atoms with Crippen LogP contribution in [-0.2, 0) is 25.7 Å². The smallest absolute Gasteiger partial charge is 0.250 e. The molecule has 0 aromatic heterocycles. The number of anilines is 1. The number of fused-ring (bicyclic) bond motifs is 2. The first-order chi connectivity index (χ1) is 20.6. The van der Waals surface area contributed by atoms with E-state index in [1.54, 1.807) is 4.90 Å². The van der Waals surface area contributed by atoms with Crippen LogP contribution in [-0.4, -0.2) is 57.6 Å². The van der Waals surface area contributed by atoms with Crippen molar-refractivity contribution in [2.75, 3.05) is 11.9 Å². The summed E-state index contributed by atoms with van der Waals surface area (Å²) >= 11 is 0. The highest BCUT2D eigenvalue weighted by Crippen LogP contribution is 2.65. The summed E-state index contributed by atoms with van der Waals surface area (Å²) in [7, 11) is 0. The van der Waals surface area contributed by atoms with Crippen molar-refractivity contribution < 1.29 is 24.2 Å². The summed E-state index contributed by atoms with van der Waals surface area (Å²) in [6.07, 6.45) is 0.983. The first-order valence-electron chi connectivity index (χ1n) is 15.3. The zero-order valence-corrected chi connectivity index (χ0v) is 25.2. The predicted molar refractivity (Wildman–Crippen MR) is 165 cm³/mol. The average molecular weight is 584 g/mol. The Kier molecular flexibility index (Phi) is 7.55. The molecular weight excluding hydrogens is 542 g/mol. The lowest BCUT2D eigenvalue weighted by Crippen LogP contribution is -2.56. The minimum absolute atomic E-state index is 0.0716. The van der Waals surface area contributed by atoms with Gasteiger partial charge in [0.15, 0.2) is 0 Å². The van der Waals surface area contributed by atoms with Crippen LogP contribution in [0.4, 0.5) is 5.69 Å². The zero-order valence-electron chi connectivity index (χ0n) is 25.2. The molecule has 8 heteroatoms. The topological polar surface area (TPSA) is 108 Å². The Morgan fingerprint density at radius 3 is 2.42 bits per heavy atom. The Bertz CT molecular complexity index is 1540. The van der Waals surface area contributed by atoms with Crippen molar-refractivity contribution in [3.63, 3.8) is 0 Å². The van der Waals surface area contributed by atoms with Gasteiger partial charge < -0.3 is 25.4 Å². The van der Waals surface area contributed by atoms with Gasteiger partial charge in [0, 0.05) is 12.2 Å². The monoisotopic (exact) mass is 583 g/mol. The minimum Gasteiger partial charge on any atom is -0.394 e. The first kappa shape index (κ1) is 29.3. The van der Waals surface area contributed by atoms with E-state index in [0.29, 0.717) is 25.1 Å². The summed E-state index contributed by atoms with van der Waals surface area (Å²) in [5.74, 6) is -2.42. The van der Waals surface area contributed by atoms with Crippen molar-refractivity contribution in [2.24, 2.45) is 23.7 Å². The summed E-state index contributed by atoms with van der Waals surface area (Å²) in [5, 5.41) is 18.7. The molecule has 3 saturated heterocycles. The lowest BCUT2D eigenvalue weighted by molar-refractivity contribution is -0.149. The summed E-state index contributed by atoms with van der Waals surface area (Å²) in [6.45, 7) is 8.03. The maximum atomic E-state index is 14.5. The van der Waals surface area contributed by atoms with Gasteiger partial charge in [-0.15, -0.1) is 0 Å². The van der Waals surface area contributed by atoms with E-state index in [0.717, 1.165) is 16.3 Å². The number of nitrogens with one attached hydrogen (secondary N) is 2. The highest BCUT2D eigenvalue weighted by molar-refractivity contribution is 6.04. The second-order valence-electron chi connectivity index (χ2n) is 13.2. The highest BCUT2D eigenvalue weighted by Gasteiger charge is 2.80. The van der Waals surface area contributed by atoms with Crippen LogP contribution in [0.2, 0.25) is 0 Å². The van der Waals surface area contributed by atoms with Crippen LogP contribution in [0.3, 0.4) is 0 Å². The van der Waals surface area contributed by atoms with Crippen LogP contribution < -0.4 is 10.6 Å². The van der Waals surface area contributed by atoms with Crippen LogP contribution in [0.15, 0.2) is 72.8 Å². The summed E-state index contributed by atoms with van der Waals surface area (Å²) in [6, 6.07) is 21.7. The molecule has 0 saturated carbocycles. The number of aliphatic hydroxyl groups excluding tert-OH is 1. The van der Waals surface area contributed by atoms with Gasteiger partial charge in [0.05, 0.1) is 30.1 Å². The fourth-order valence-corrected chi connectivity index (χ4v) is 7.96. The molecule has 7 atom stereocenters. The number of ether oxygens (including phenoxy) is 1. The van der Waals surface area contributed by atoms with E-state index in [9.17, 15) is 19.5 Å². The number of carbonyl (C=O) groups excluding carboxylic acids is 3. The molecule has 1 spiro atoms. The Morgan fingerprint density at radius 1 is 1.02 bits per heavy atom. The van der Waals surface area contributed by atoms with E-state index in [4.69, 9.17) is 4.74 Å². The average Bonchev–Trinajstić information content (AvgIpc) is 3.51. The summed E-state index contributed by atoms with van der Waals surface area (Å²) < 4.78 is 6.85. The lowest BCUT2D eigenvalue weighted by Gasteiger charge is -2.37. The number of likely N-dealkylation sites (tertiary alicyclic amines) is 1. The van der Waals surface area contributed by atoms with Gasteiger partial charge in [-0.05, 0) is 60.1 Å². The second-order valence-corrected chi connectivity index (χ2v) is 13.2. The van der Waals surface area contributed by atoms with E-state index in [2.05, 4.69) is 10.6 Å². The lowest BCUT2D eigenvalue weighted by atomic mass is 9.62. The van der Waals surface area contributed by atoms with Gasteiger partial charge in [-0.25, -0.2) is 0 Å². The Hall–Kier alpha value is -3.75. The second kappa shape index (κ2) is 11.1. The molecule has 226 valence electrons. The number of amides is 3. The Morgan fingerprint density at radius 2 is 1.72 bits per heavy atom. The molecule has 3 aromatic carbocycles. The third-order valence-corrected chi connectivity index (χ3v) is 9.96. The molecule has 3 aromatic rings. The standard InChI is InChI=1S/C35H41N3O5/c1-21(2)16-27(20-39)38-30(32(41)37-26-15-14-24-12-8-9-13-25(24)17-26)35-18-22(3)34(4,43-35)28(29(35)33(38)42)31(40)36-19-23-10-6-5-7-11-23/h5-15,17,21-22,27-30,39H,16,18-20H2,1-4H3,(H,36,40)(H,37,41)/t22?,27-,28+,29+,30?,34-,35?/m1/s1. The van der Waals surface area contributed by atoms with Gasteiger partial charge in [-0.1, -0.05) is 81.4 Å². The van der Waals surface area contributed by atoms with Crippen LogP contribution in [0.1, 0.15) is 46.1 Å². The molecule has 6 rings (SSSR count). The van der Waals surface area contributed by atoms with Crippen LogP contribution >= 0.6 is 0 Å². The minimum atomic E-state index is -1.19. The SMILES string of the molecule is CC(C)C[C@H](CO)N1C(=O)[C@@H]2[C@@H](C(=O)NCc3ccccc3)[C@]3(C)OC2(CC3C)C1C(=O)Nc1ccc2ccccc2c1. The maximum Gasteiger partial charge on any atom is 0.250 e. The number of hydrogen-bond acceptors (Lipinski definition) is 5. The number of benzene rings is 3. The van der Waals surface area contributed by atoms with Crippen LogP contribution in [0.25, 0.3) is 10.8 Å². The van der Waals surface area contributed by atoms with Crippen LogP contribution in [0.5, 0.6) is 0 Å². The third kappa shape index (κ3) is 4.81. The molecule has 3 unspecified atom stereocenters. The molecule has 3 heterocycles. The Labute approximate surface area is 252 Å². The van der Waals surface area contributed by atoms with Crippen molar-refractivity contribution in [2.45, 2.75) is 70.4 Å². The number of nitrogens with zero attached hydrogens (tertiary/aromatic N) is 1. The molecule has 43 heavy (non-hydrogen) atoms. The molecule has 3 N–H and O–H groups in total. The molecule has 3 fully saturated rings. The normalized spacial score (nSPS) is 30.1. The van der Waals surface area contributed by atoms with Crippen LogP contribution in [0, 0.1) is 23.7 Å². The molecule has 8 nitrogen and oxygen atoms in total. The largest absolute Gasteiger partial charge is 0.394 e. The fraction of sp³-hybridized carbons (Fsp3) is 0.457. The van der Waals surface area contributed by atoms with Crippen molar-refractivity contribution in [3.05, 3.63) is 78.4 Å². The number of aliphatic hydroxyl groups is 1. The zero-order chi connectivity index (χ0) is 30.5. The van der Waals surface area contributed by atoms with Crippen molar-refractivity contribution in [1.82, 2.24) is 10.2 Å². The molecule has 3 aliphatic heterocycles. The van der Waals surface area contributed by atoms with Gasteiger partial charge in [0.2, 0.25) is 17.7 Å². The van der Waals surface area contributed by atoms with E-state index in [-0.39, 0.29) is 36.2 Å². The van der Waals surface area contributed by atoms with E-state index >= 15 is 0 Å². The van der Waals surface area contributed by atoms with Crippen molar-refractivity contribution >= 4 is 34.2 Å². The molecular formula is C35H41N3O5. The quantitative estimate of drug-likeness (QED) is 0.344. The number of hydrogen-bond donors (Lipinski definition) is 3. The first-order valence-corrected chi connectivity index (χ1v) is 15.3. The fourth-order valence-electron chi connectivity index (χ4n) is 7.96. The molecule has 2 bridgehead atoms. The molecule has 3 amide bonds. The van der Waals surface area contributed by atoms with Gasteiger partial charge in [-0.3, -0.25) is 14.4 Å². The number of carbonyl (C=O) groups is 3. The van der Waals surface area contributed by atoms with E-state index in [1.165, 1.54) is 0 Å². The van der Waals surface area contributed by atoms with Gasteiger partial charge in [0.25, 0.3) is 0 Å². The van der Waals surface area contributed by atoms with Gasteiger partial charge >= 0.3 is 0 Å². The summed E-state index contributed by atoms with van der Waals surface area (Å²) in [4.78, 5) is 44.4. The van der Waals surface area contributed by atoms with E-state index < -0.39 is 35.1 Å². The maximum absolute atomic E-state index is 14.5. The van der Waals surface area contributed by atoms with Crippen molar-refractivity contribution in [1.29, 1.82) is 0 Å². The number of rotatable bonds is 9. The van der Waals surface area contributed by atoms with Crippen molar-refractivity contribution in [3.8, 4) is 0 Å². The molecule has 3 aliphatic rings. The predicted octanol–water partition coefficient (Wildman–Crippen LogP) is 4.51. The summed E-state index contributed by atoms with van der Waals surface area (Å²) in [5.41, 5.74) is -0.534. The highest BCUT2D eigenvalue weighted by atomic mass is 16.5. The molecule has 0 radical (unpaired) electrons. The third-order valence-electron chi connectivity index (χ3n) is 9.96. The van der Waals surface area contributed by atoms with E-state index in [1.807, 2.05) is 100 Å². The Balaban J connectivity index is 1.37. The molecule has 0 aliphatic carbocycles. The van der Waals surface area contributed by atoms with Gasteiger partial charge in [-0.2, -0.15) is 0 Å². The van der Waals surface area contributed by atoms with Gasteiger partial charge in [0.1, 0.15) is 11.6 Å².